The molecule has 2 N–H and O–H groups in total. The van der Waals surface area contributed by atoms with E-state index in [0.717, 1.165) is 5.56 Å². The van der Waals surface area contributed by atoms with Crippen LogP contribution >= 0.6 is 8.60 Å². The first-order chi connectivity index (χ1) is 8.41. The second-order valence-corrected chi connectivity index (χ2v) is 4.99. The first-order valence-electron chi connectivity index (χ1n) is 5.60. The van der Waals surface area contributed by atoms with E-state index in [-0.39, 0.29) is 11.8 Å². The SMILES string of the molecule is CC(C)C(=O)N(C)Cc1ccccc1OP(O)O. The standard InChI is InChI=1S/C12H18NO4P/c1-9(2)12(14)13(3)8-10-6-4-5-7-11(10)17-18(15)16/h4-7,9,15-16H,8H2,1-3H3. The first-order valence-corrected chi connectivity index (χ1v) is 6.77. The molecule has 0 heterocycles. The third-order valence-corrected chi connectivity index (χ3v) is 2.79. The van der Waals surface area contributed by atoms with Crippen LogP contribution < -0.4 is 4.52 Å². The predicted octanol–water partition coefficient (Wildman–Crippen LogP) is 1.89. The molecule has 100 valence electrons. The topological polar surface area (TPSA) is 70.0 Å². The number of nitrogens with zero attached hydrogens (tertiary/aromatic N) is 1. The minimum Gasteiger partial charge on any atom is -0.427 e. The zero-order valence-corrected chi connectivity index (χ0v) is 11.6. The van der Waals surface area contributed by atoms with E-state index in [1.54, 1.807) is 30.1 Å². The number of hydrogen-bond acceptors (Lipinski definition) is 4. The van der Waals surface area contributed by atoms with Crippen LogP contribution in [0.4, 0.5) is 0 Å². The molecule has 0 aromatic heterocycles. The van der Waals surface area contributed by atoms with E-state index in [0.29, 0.717) is 12.3 Å². The molecule has 0 aliphatic heterocycles. The van der Waals surface area contributed by atoms with Crippen LogP contribution in [0.1, 0.15) is 19.4 Å². The zero-order chi connectivity index (χ0) is 13.7. The monoisotopic (exact) mass is 271 g/mol. The Balaban J connectivity index is 2.80. The van der Waals surface area contributed by atoms with Gasteiger partial charge in [-0.2, -0.15) is 0 Å². The summed E-state index contributed by atoms with van der Waals surface area (Å²) in [6.45, 7) is 4.04. The lowest BCUT2D eigenvalue weighted by atomic mass is 10.1. The summed E-state index contributed by atoms with van der Waals surface area (Å²) in [5.74, 6) is 0.341. The minimum absolute atomic E-state index is 0.0278. The Kier molecular flexibility index (Phi) is 5.54. The second kappa shape index (κ2) is 6.69. The van der Waals surface area contributed by atoms with Gasteiger partial charge >= 0.3 is 8.60 Å². The number of benzene rings is 1. The van der Waals surface area contributed by atoms with Crippen LogP contribution in [0, 0.1) is 5.92 Å². The molecule has 1 aromatic carbocycles. The molecule has 0 saturated carbocycles. The third-order valence-electron chi connectivity index (χ3n) is 2.43. The van der Waals surface area contributed by atoms with Gasteiger partial charge in [-0.05, 0) is 6.07 Å². The van der Waals surface area contributed by atoms with Gasteiger partial charge in [0, 0.05) is 25.1 Å². The quantitative estimate of drug-likeness (QED) is 0.802. The fourth-order valence-electron chi connectivity index (χ4n) is 1.59. The van der Waals surface area contributed by atoms with Crippen molar-refractivity contribution in [3.63, 3.8) is 0 Å². The molecule has 0 aliphatic rings. The molecule has 0 radical (unpaired) electrons. The van der Waals surface area contributed by atoms with Crippen LogP contribution in [-0.2, 0) is 11.3 Å². The van der Waals surface area contributed by atoms with E-state index in [4.69, 9.17) is 14.3 Å². The number of para-hydroxylation sites is 1. The highest BCUT2D eigenvalue weighted by Gasteiger charge is 2.15. The van der Waals surface area contributed by atoms with Crippen molar-refractivity contribution in [2.75, 3.05) is 7.05 Å². The van der Waals surface area contributed by atoms with Gasteiger partial charge in [-0.15, -0.1) is 0 Å². The number of hydrogen-bond donors (Lipinski definition) is 2. The summed E-state index contributed by atoms with van der Waals surface area (Å²) in [5.41, 5.74) is 0.740. The van der Waals surface area contributed by atoms with Crippen LogP contribution in [0.15, 0.2) is 24.3 Å². The third kappa shape index (κ3) is 4.26. The lowest BCUT2D eigenvalue weighted by Gasteiger charge is -2.21. The Morgan fingerprint density at radius 1 is 1.39 bits per heavy atom. The fourth-order valence-corrected chi connectivity index (χ4v) is 1.94. The molecule has 1 aromatic rings. The summed E-state index contributed by atoms with van der Waals surface area (Å²) in [4.78, 5) is 31.1. The Morgan fingerprint density at radius 3 is 2.56 bits per heavy atom. The highest BCUT2D eigenvalue weighted by Crippen LogP contribution is 2.31. The summed E-state index contributed by atoms with van der Waals surface area (Å²) < 4.78 is 4.92. The zero-order valence-electron chi connectivity index (χ0n) is 10.7. The Labute approximate surface area is 108 Å². The van der Waals surface area contributed by atoms with Crippen LogP contribution in [0.2, 0.25) is 0 Å². The Bertz CT molecular complexity index is 409. The van der Waals surface area contributed by atoms with Gasteiger partial charge in [0.15, 0.2) is 0 Å². The van der Waals surface area contributed by atoms with E-state index in [9.17, 15) is 4.79 Å². The van der Waals surface area contributed by atoms with Crippen molar-refractivity contribution in [3.8, 4) is 5.75 Å². The van der Waals surface area contributed by atoms with E-state index in [1.165, 1.54) is 0 Å². The summed E-state index contributed by atoms with van der Waals surface area (Å²) >= 11 is 0. The largest absolute Gasteiger partial charge is 0.427 e. The molecule has 1 rings (SSSR count). The molecule has 0 atom stereocenters. The molecule has 6 heteroatoms. The molecule has 0 aliphatic carbocycles. The minimum atomic E-state index is -2.45. The Morgan fingerprint density at radius 2 is 2.00 bits per heavy atom. The van der Waals surface area contributed by atoms with Gasteiger partial charge in [0.2, 0.25) is 5.91 Å². The maximum atomic E-state index is 11.8. The molecular formula is C12H18NO4P. The summed E-state index contributed by atoms with van der Waals surface area (Å²) in [6, 6.07) is 6.98. The maximum absolute atomic E-state index is 11.8. The van der Waals surface area contributed by atoms with Crippen molar-refractivity contribution in [3.05, 3.63) is 29.8 Å². The van der Waals surface area contributed by atoms with Crippen molar-refractivity contribution in [2.45, 2.75) is 20.4 Å². The van der Waals surface area contributed by atoms with Crippen LogP contribution in [-0.4, -0.2) is 27.6 Å². The summed E-state index contributed by atoms with van der Waals surface area (Å²) in [6.07, 6.45) is 0. The van der Waals surface area contributed by atoms with Gasteiger partial charge in [0.25, 0.3) is 0 Å². The van der Waals surface area contributed by atoms with Gasteiger partial charge in [-0.3, -0.25) is 4.79 Å². The molecular weight excluding hydrogens is 253 g/mol. The number of carbonyl (C=O) groups is 1. The molecule has 1 amide bonds. The lowest BCUT2D eigenvalue weighted by molar-refractivity contribution is -0.133. The first kappa shape index (κ1) is 14.9. The molecule has 0 saturated heterocycles. The molecule has 5 nitrogen and oxygen atoms in total. The van der Waals surface area contributed by atoms with Crippen molar-refractivity contribution >= 4 is 14.5 Å². The average molecular weight is 271 g/mol. The smallest absolute Gasteiger partial charge is 0.391 e. The Hall–Kier alpha value is -1.16. The van der Waals surface area contributed by atoms with Gasteiger partial charge in [-0.25, -0.2) is 0 Å². The number of carbonyl (C=O) groups excluding carboxylic acids is 1. The van der Waals surface area contributed by atoms with Gasteiger partial charge < -0.3 is 19.2 Å². The normalized spacial score (nSPS) is 10.8. The van der Waals surface area contributed by atoms with Crippen molar-refractivity contribution < 1.29 is 19.1 Å². The van der Waals surface area contributed by atoms with E-state index in [2.05, 4.69) is 0 Å². The summed E-state index contributed by atoms with van der Waals surface area (Å²) in [5, 5.41) is 0. The van der Waals surface area contributed by atoms with Crippen molar-refractivity contribution in [2.24, 2.45) is 5.92 Å². The van der Waals surface area contributed by atoms with Crippen molar-refractivity contribution in [1.82, 2.24) is 4.90 Å². The van der Waals surface area contributed by atoms with E-state index >= 15 is 0 Å². The lowest BCUT2D eigenvalue weighted by Crippen LogP contribution is -2.30. The predicted molar refractivity (Wildman–Crippen MR) is 69.7 cm³/mol. The average Bonchev–Trinajstić information content (AvgIpc) is 2.29. The van der Waals surface area contributed by atoms with Crippen LogP contribution in [0.5, 0.6) is 5.75 Å². The maximum Gasteiger partial charge on any atom is 0.391 e. The molecule has 0 bridgehead atoms. The van der Waals surface area contributed by atoms with Gasteiger partial charge in [0.1, 0.15) is 5.75 Å². The molecule has 0 unspecified atom stereocenters. The van der Waals surface area contributed by atoms with Gasteiger partial charge in [-0.1, -0.05) is 32.0 Å². The molecule has 0 spiro atoms. The van der Waals surface area contributed by atoms with Gasteiger partial charge in [0.05, 0.1) is 0 Å². The highest BCUT2D eigenvalue weighted by atomic mass is 31.2. The molecule has 0 fully saturated rings. The summed E-state index contributed by atoms with van der Waals surface area (Å²) in [7, 11) is -0.741. The highest BCUT2D eigenvalue weighted by molar-refractivity contribution is 7.39. The molecule has 18 heavy (non-hydrogen) atoms. The number of amides is 1. The van der Waals surface area contributed by atoms with Crippen LogP contribution in [0.25, 0.3) is 0 Å². The van der Waals surface area contributed by atoms with E-state index < -0.39 is 8.60 Å². The second-order valence-electron chi connectivity index (χ2n) is 4.30. The van der Waals surface area contributed by atoms with Crippen LogP contribution in [0.3, 0.4) is 0 Å². The van der Waals surface area contributed by atoms with E-state index in [1.807, 2.05) is 19.9 Å². The van der Waals surface area contributed by atoms with Crippen molar-refractivity contribution in [1.29, 1.82) is 0 Å². The fraction of sp³-hybridized carbons (Fsp3) is 0.417. The number of rotatable bonds is 5.